The summed E-state index contributed by atoms with van der Waals surface area (Å²) in [5.41, 5.74) is 0.946. The minimum Gasteiger partial charge on any atom is -0.446 e. The molecule has 0 radical (unpaired) electrons. The summed E-state index contributed by atoms with van der Waals surface area (Å²) in [6.07, 6.45) is 4.25. The number of amides is 5. The van der Waals surface area contributed by atoms with Gasteiger partial charge in [-0.3, -0.25) is 28.8 Å². The lowest BCUT2D eigenvalue weighted by Crippen LogP contribution is -2.48. The number of hydrogen-bond donors (Lipinski definition) is 4. The van der Waals surface area contributed by atoms with Gasteiger partial charge in [0.1, 0.15) is 36.7 Å². The molecule has 4 bridgehead atoms. The lowest BCUT2D eigenvalue weighted by atomic mass is 10.0. The van der Waals surface area contributed by atoms with E-state index in [-0.39, 0.29) is 59.6 Å². The summed E-state index contributed by atoms with van der Waals surface area (Å²) in [6.45, 7) is 5.39. The van der Waals surface area contributed by atoms with Gasteiger partial charge in [-0.1, -0.05) is 44.2 Å². The number of nitrogens with zero attached hydrogens (tertiary/aromatic N) is 5. The predicted molar refractivity (Wildman–Crippen MR) is 199 cm³/mol. The summed E-state index contributed by atoms with van der Waals surface area (Å²) in [6, 6.07) is 9.40. The normalized spacial score (nSPS) is 21.9. The lowest BCUT2D eigenvalue weighted by Gasteiger charge is -2.25. The van der Waals surface area contributed by atoms with Crippen molar-refractivity contribution in [3.63, 3.8) is 0 Å². The van der Waals surface area contributed by atoms with E-state index in [2.05, 4.69) is 36.2 Å². The lowest BCUT2D eigenvalue weighted by molar-refractivity contribution is -0.126. The Bertz CT molecular complexity index is 2370. The monoisotopic (exact) mass is 763 g/mol. The molecule has 1 fully saturated rings. The Kier molecular flexibility index (Phi) is 10.5. The number of oxazole rings is 2. The molecular weight excluding hydrogens is 722 g/mol. The van der Waals surface area contributed by atoms with Crippen molar-refractivity contribution in [1.82, 2.24) is 45.7 Å². The molecular formula is C39H41N9O8. The molecule has 5 heterocycles. The van der Waals surface area contributed by atoms with Crippen LogP contribution in [-0.2, 0) is 23.1 Å². The minimum absolute atomic E-state index is 0.0292. The fourth-order valence-electron chi connectivity index (χ4n) is 6.95. The van der Waals surface area contributed by atoms with Gasteiger partial charge in [0.2, 0.25) is 23.6 Å². The Balaban J connectivity index is 1.22. The van der Waals surface area contributed by atoms with Crippen LogP contribution >= 0.6 is 0 Å². The van der Waals surface area contributed by atoms with Crippen LogP contribution in [0.4, 0.5) is 0 Å². The first-order valence-electron chi connectivity index (χ1n) is 18.3. The van der Waals surface area contributed by atoms with Crippen LogP contribution in [0, 0.1) is 5.92 Å². The number of carbonyl (C=O) groups excluding carboxylic acids is 5. The third kappa shape index (κ3) is 7.92. The fourth-order valence-corrected chi connectivity index (χ4v) is 6.95. The molecule has 2 aliphatic rings. The van der Waals surface area contributed by atoms with Gasteiger partial charge in [-0.2, -0.15) is 0 Å². The number of aryl methyl sites for hydroxylation is 1. The van der Waals surface area contributed by atoms with E-state index in [1.165, 1.54) is 40.3 Å². The molecule has 3 aromatic heterocycles. The zero-order valence-corrected chi connectivity index (χ0v) is 31.1. The molecule has 0 aliphatic carbocycles. The topological polar surface area (TPSA) is 224 Å². The predicted octanol–water partition coefficient (Wildman–Crippen LogP) is 2.36. The van der Waals surface area contributed by atoms with Crippen molar-refractivity contribution in [2.75, 3.05) is 6.54 Å². The molecule has 2 aromatic carbocycles. The van der Waals surface area contributed by atoms with Crippen LogP contribution < -0.4 is 26.8 Å². The van der Waals surface area contributed by atoms with Crippen LogP contribution in [0.15, 0.2) is 81.0 Å². The van der Waals surface area contributed by atoms with Gasteiger partial charge >= 0.3 is 0 Å². The summed E-state index contributed by atoms with van der Waals surface area (Å²) in [7, 11) is 1.58. The van der Waals surface area contributed by atoms with Crippen LogP contribution in [0.5, 0.6) is 0 Å². The van der Waals surface area contributed by atoms with Crippen LogP contribution in [0.1, 0.15) is 94.4 Å². The second kappa shape index (κ2) is 15.6. The number of fused-ring (bicyclic) bond motifs is 6. The largest absolute Gasteiger partial charge is 0.446 e. The van der Waals surface area contributed by atoms with Gasteiger partial charge in [0.15, 0.2) is 11.4 Å². The van der Waals surface area contributed by atoms with Crippen molar-refractivity contribution in [2.45, 2.75) is 70.2 Å². The standard InChI is InChI=1S/C39H41N9O8/c1-20(2)12-27-33(50)41-21(3)36-46-30(18-55-36)39(54)48-16-24(42-32(49)23-10-11-25-26(14-23)40-19-47(4)38(25)53)15-31(48)35(52)44-28(13-22-8-6-5-7-9-22)37-45-29(17-56-37)34(51)43-27/h5-11,14,17-21,24,27-28,31H,12-13,15-16H2,1-4H3,(H,41,50)(H,42,49)(H,43,51)(H,44,52)/t21-,24+,27-,28+,31+/m1/s1. The molecule has 1 saturated heterocycles. The average Bonchev–Trinajstić information content (AvgIpc) is 3.96. The van der Waals surface area contributed by atoms with Crippen molar-refractivity contribution in [1.29, 1.82) is 0 Å². The average molecular weight is 764 g/mol. The second-order valence-corrected chi connectivity index (χ2v) is 14.6. The highest BCUT2D eigenvalue weighted by molar-refractivity contribution is 5.99. The molecule has 56 heavy (non-hydrogen) atoms. The Morgan fingerprint density at radius 1 is 0.911 bits per heavy atom. The molecule has 5 amide bonds. The number of aromatic nitrogens is 4. The maximum Gasteiger partial charge on any atom is 0.276 e. The minimum atomic E-state index is -1.10. The van der Waals surface area contributed by atoms with E-state index in [0.717, 1.165) is 11.8 Å². The van der Waals surface area contributed by atoms with E-state index < -0.39 is 59.7 Å². The summed E-state index contributed by atoms with van der Waals surface area (Å²) in [4.78, 5) is 95.9. The van der Waals surface area contributed by atoms with Crippen LogP contribution in [0.3, 0.4) is 0 Å². The van der Waals surface area contributed by atoms with E-state index in [0.29, 0.717) is 17.3 Å². The molecule has 4 N–H and O–H groups in total. The Labute approximate surface area is 320 Å². The molecule has 5 atom stereocenters. The smallest absolute Gasteiger partial charge is 0.276 e. The van der Waals surface area contributed by atoms with Gasteiger partial charge in [-0.15, -0.1) is 0 Å². The summed E-state index contributed by atoms with van der Waals surface area (Å²) in [5, 5.41) is 11.8. The fraction of sp³-hybridized carbons (Fsp3) is 0.359. The summed E-state index contributed by atoms with van der Waals surface area (Å²) < 4.78 is 12.8. The third-order valence-corrected chi connectivity index (χ3v) is 9.83. The highest BCUT2D eigenvalue weighted by Crippen LogP contribution is 2.26. The molecule has 290 valence electrons. The van der Waals surface area contributed by atoms with Crippen molar-refractivity contribution in [3.8, 4) is 0 Å². The Morgan fingerprint density at radius 2 is 1.64 bits per heavy atom. The van der Waals surface area contributed by atoms with Gasteiger partial charge < -0.3 is 39.6 Å². The first-order valence-corrected chi connectivity index (χ1v) is 18.3. The van der Waals surface area contributed by atoms with Gasteiger partial charge in [0, 0.05) is 31.6 Å². The van der Waals surface area contributed by atoms with Gasteiger partial charge in [-0.25, -0.2) is 15.0 Å². The zero-order valence-electron chi connectivity index (χ0n) is 31.1. The first kappa shape index (κ1) is 37.7. The van der Waals surface area contributed by atoms with Crippen LogP contribution in [-0.4, -0.2) is 78.6 Å². The summed E-state index contributed by atoms with van der Waals surface area (Å²) >= 11 is 0. The molecule has 0 unspecified atom stereocenters. The van der Waals surface area contributed by atoms with Gasteiger partial charge in [0.25, 0.3) is 23.3 Å². The second-order valence-electron chi connectivity index (χ2n) is 14.6. The molecule has 7 rings (SSSR count). The van der Waals surface area contributed by atoms with Crippen LogP contribution in [0.25, 0.3) is 10.9 Å². The van der Waals surface area contributed by atoms with Crippen molar-refractivity contribution < 1.29 is 32.8 Å². The van der Waals surface area contributed by atoms with E-state index >= 15 is 0 Å². The maximum atomic E-state index is 14.3. The molecule has 17 heteroatoms. The molecule has 2 aliphatic heterocycles. The third-order valence-electron chi connectivity index (χ3n) is 9.83. The molecule has 0 saturated carbocycles. The highest BCUT2D eigenvalue weighted by Gasteiger charge is 2.43. The Hall–Kier alpha value is -6.65. The maximum absolute atomic E-state index is 14.3. The van der Waals surface area contributed by atoms with E-state index in [1.807, 2.05) is 44.2 Å². The molecule has 17 nitrogen and oxygen atoms in total. The quantitative estimate of drug-likeness (QED) is 0.197. The first-order chi connectivity index (χ1) is 26.8. The number of rotatable bonds is 6. The van der Waals surface area contributed by atoms with Crippen molar-refractivity contribution in [2.24, 2.45) is 13.0 Å². The molecule has 0 spiro atoms. The zero-order chi connectivity index (χ0) is 39.7. The molecule has 5 aromatic rings. The van der Waals surface area contributed by atoms with E-state index in [4.69, 9.17) is 8.83 Å². The van der Waals surface area contributed by atoms with E-state index in [1.54, 1.807) is 14.0 Å². The highest BCUT2D eigenvalue weighted by atomic mass is 16.3. The van der Waals surface area contributed by atoms with Gasteiger partial charge in [0.05, 0.1) is 17.2 Å². The number of hydrogen-bond acceptors (Lipinski definition) is 11. The SMILES string of the molecule is CC(C)C[C@H]1NC(=O)c2coc(n2)[C@H](Cc2ccccc2)NC(=O)[C@@H]2C[C@H](NC(=O)c3ccc4c(=O)n(C)cnc4c3)CN2C(=O)c2coc(n2)[C@@H](C)NC1=O. The number of carbonyl (C=O) groups is 5. The summed E-state index contributed by atoms with van der Waals surface area (Å²) in [5.74, 6) is -2.72. The van der Waals surface area contributed by atoms with E-state index in [9.17, 15) is 28.8 Å². The Morgan fingerprint density at radius 3 is 2.41 bits per heavy atom. The van der Waals surface area contributed by atoms with Crippen molar-refractivity contribution in [3.05, 3.63) is 112 Å². The number of nitrogens with one attached hydrogen (secondary N) is 4. The van der Waals surface area contributed by atoms with Crippen molar-refractivity contribution >= 4 is 40.4 Å². The van der Waals surface area contributed by atoms with Crippen LogP contribution in [0.2, 0.25) is 0 Å². The van der Waals surface area contributed by atoms with Gasteiger partial charge in [-0.05, 0) is 49.4 Å². The number of benzene rings is 2.